The monoisotopic (exact) mass is 346 g/mol. The molecule has 3 rings (SSSR count). The van der Waals surface area contributed by atoms with Gasteiger partial charge < -0.3 is 15.2 Å². The molecule has 6 nitrogen and oxygen atoms in total. The Bertz CT molecular complexity index is 611. The summed E-state index contributed by atoms with van der Waals surface area (Å²) in [5.41, 5.74) is 1.58. The van der Waals surface area contributed by atoms with E-state index in [-0.39, 0.29) is 6.09 Å². The number of fused-ring (bicyclic) bond motifs is 2. The highest BCUT2D eigenvalue weighted by Gasteiger charge is 2.41. The molecular formula is C15H17F3N2O4. The summed E-state index contributed by atoms with van der Waals surface area (Å²) in [4.78, 5) is 20.6. The van der Waals surface area contributed by atoms with Crippen LogP contribution in [-0.2, 0) is 15.1 Å². The number of hydrogen-bond acceptors (Lipinski definition) is 4. The first-order chi connectivity index (χ1) is 11.2. The summed E-state index contributed by atoms with van der Waals surface area (Å²) >= 11 is 0. The maximum absolute atomic E-state index is 11.7. The van der Waals surface area contributed by atoms with Gasteiger partial charge in [-0.25, -0.2) is 9.59 Å². The van der Waals surface area contributed by atoms with Crippen LogP contribution in [0.25, 0.3) is 0 Å². The Labute approximate surface area is 136 Å². The van der Waals surface area contributed by atoms with Crippen molar-refractivity contribution in [3.05, 3.63) is 29.8 Å². The average molecular weight is 346 g/mol. The molecule has 24 heavy (non-hydrogen) atoms. The number of alkyl halides is 3. The molecule has 2 aliphatic heterocycles. The fourth-order valence-corrected chi connectivity index (χ4v) is 2.77. The third kappa shape index (κ3) is 4.16. The average Bonchev–Trinajstić information content (AvgIpc) is 2.73. The van der Waals surface area contributed by atoms with E-state index in [0.717, 1.165) is 43.6 Å². The van der Waals surface area contributed by atoms with E-state index in [9.17, 15) is 18.0 Å². The maximum Gasteiger partial charge on any atom is 0.490 e. The Morgan fingerprint density at radius 1 is 1.21 bits per heavy atom. The van der Waals surface area contributed by atoms with Crippen LogP contribution in [0.4, 0.5) is 23.7 Å². The van der Waals surface area contributed by atoms with Crippen LogP contribution >= 0.6 is 0 Å². The van der Waals surface area contributed by atoms with Crippen LogP contribution in [-0.4, -0.2) is 36.4 Å². The van der Waals surface area contributed by atoms with E-state index in [1.165, 1.54) is 0 Å². The first kappa shape index (κ1) is 18.1. The van der Waals surface area contributed by atoms with Gasteiger partial charge in [-0.2, -0.15) is 13.2 Å². The van der Waals surface area contributed by atoms with Gasteiger partial charge in [0.25, 0.3) is 0 Å². The number of carbonyl (C=O) groups excluding carboxylic acids is 1. The van der Waals surface area contributed by atoms with Gasteiger partial charge in [-0.3, -0.25) is 5.32 Å². The highest BCUT2D eigenvalue weighted by molar-refractivity contribution is 5.88. The number of anilines is 1. The maximum atomic E-state index is 11.7. The predicted octanol–water partition coefficient (Wildman–Crippen LogP) is 2.85. The molecule has 132 valence electrons. The second-order valence-electron chi connectivity index (χ2n) is 5.46. The lowest BCUT2D eigenvalue weighted by Crippen LogP contribution is -2.40. The van der Waals surface area contributed by atoms with Crippen LogP contribution < -0.4 is 10.6 Å². The molecule has 1 atom stereocenters. The van der Waals surface area contributed by atoms with Gasteiger partial charge in [-0.15, -0.1) is 0 Å². The van der Waals surface area contributed by atoms with E-state index < -0.39 is 17.7 Å². The standard InChI is InChI=1S/C13H16N2O2.C2HF3O2/c16-12-15-11-5-2-1-4-10(11)13(17-12)6-3-8-14-9-7-13;3-2(4,5)1(6)7/h1-2,4-5,14H,3,6-9H2,(H,15,16);(H,6,7). The van der Waals surface area contributed by atoms with Crippen molar-refractivity contribution in [2.75, 3.05) is 18.4 Å². The Hall–Kier alpha value is -2.29. The van der Waals surface area contributed by atoms with Crippen LogP contribution in [0.1, 0.15) is 24.8 Å². The lowest BCUT2D eigenvalue weighted by molar-refractivity contribution is -0.192. The van der Waals surface area contributed by atoms with E-state index in [0.29, 0.717) is 0 Å². The van der Waals surface area contributed by atoms with Crippen LogP contribution in [0, 0.1) is 0 Å². The minimum atomic E-state index is -5.08. The van der Waals surface area contributed by atoms with E-state index in [1.807, 2.05) is 18.2 Å². The molecule has 1 amide bonds. The molecule has 1 unspecified atom stereocenters. The molecule has 0 bridgehead atoms. The Balaban J connectivity index is 0.000000256. The van der Waals surface area contributed by atoms with Gasteiger partial charge >= 0.3 is 18.2 Å². The molecule has 0 saturated carbocycles. The molecule has 1 fully saturated rings. The molecule has 1 aromatic carbocycles. The van der Waals surface area contributed by atoms with Gasteiger partial charge in [0.15, 0.2) is 0 Å². The third-order valence-electron chi connectivity index (χ3n) is 3.83. The number of ether oxygens (including phenoxy) is 1. The predicted molar refractivity (Wildman–Crippen MR) is 78.6 cm³/mol. The minimum Gasteiger partial charge on any atom is -0.475 e. The summed E-state index contributed by atoms with van der Waals surface area (Å²) in [6.07, 6.45) is -2.64. The van der Waals surface area contributed by atoms with Crippen molar-refractivity contribution in [3.63, 3.8) is 0 Å². The molecule has 0 aliphatic carbocycles. The number of aliphatic carboxylic acids is 1. The Morgan fingerprint density at radius 3 is 2.54 bits per heavy atom. The normalized spacial score (nSPS) is 23.0. The summed E-state index contributed by atoms with van der Waals surface area (Å²) < 4.78 is 37.4. The fourth-order valence-electron chi connectivity index (χ4n) is 2.77. The number of halogens is 3. The first-order valence-electron chi connectivity index (χ1n) is 7.35. The van der Waals surface area contributed by atoms with E-state index in [2.05, 4.69) is 16.7 Å². The Morgan fingerprint density at radius 2 is 1.88 bits per heavy atom. The molecule has 1 aromatic rings. The van der Waals surface area contributed by atoms with Crippen molar-refractivity contribution in [2.45, 2.75) is 31.0 Å². The van der Waals surface area contributed by atoms with Crippen molar-refractivity contribution in [1.29, 1.82) is 0 Å². The zero-order valence-corrected chi connectivity index (χ0v) is 12.7. The largest absolute Gasteiger partial charge is 0.490 e. The highest BCUT2D eigenvalue weighted by Crippen LogP contribution is 2.42. The summed E-state index contributed by atoms with van der Waals surface area (Å²) in [5.74, 6) is -2.76. The summed E-state index contributed by atoms with van der Waals surface area (Å²) in [7, 11) is 0. The quantitative estimate of drug-likeness (QED) is 0.672. The van der Waals surface area contributed by atoms with Crippen molar-refractivity contribution in [1.82, 2.24) is 5.32 Å². The summed E-state index contributed by atoms with van der Waals surface area (Å²) in [6.45, 7) is 1.89. The molecule has 3 N–H and O–H groups in total. The molecule has 0 radical (unpaired) electrons. The molecular weight excluding hydrogens is 329 g/mol. The zero-order chi connectivity index (χ0) is 17.8. The van der Waals surface area contributed by atoms with Crippen LogP contribution in [0.3, 0.4) is 0 Å². The van der Waals surface area contributed by atoms with Crippen molar-refractivity contribution in [2.24, 2.45) is 0 Å². The number of para-hydroxylation sites is 1. The summed E-state index contributed by atoms with van der Waals surface area (Å²) in [5, 5.41) is 13.2. The van der Waals surface area contributed by atoms with E-state index >= 15 is 0 Å². The number of rotatable bonds is 0. The van der Waals surface area contributed by atoms with Gasteiger partial charge in [0.1, 0.15) is 5.60 Å². The van der Waals surface area contributed by atoms with Gasteiger partial charge in [-0.1, -0.05) is 18.2 Å². The van der Waals surface area contributed by atoms with Gasteiger partial charge in [0.05, 0.1) is 5.69 Å². The summed E-state index contributed by atoms with van der Waals surface area (Å²) in [6, 6.07) is 7.93. The fraction of sp³-hybridized carbons (Fsp3) is 0.467. The van der Waals surface area contributed by atoms with E-state index in [4.69, 9.17) is 14.6 Å². The number of benzene rings is 1. The molecule has 9 heteroatoms. The number of carboxylic acid groups (broad SMARTS) is 1. The molecule has 2 aliphatic rings. The number of amides is 1. The number of carboxylic acids is 1. The lowest BCUT2D eigenvalue weighted by atomic mass is 9.84. The van der Waals surface area contributed by atoms with Crippen LogP contribution in [0.5, 0.6) is 0 Å². The second kappa shape index (κ2) is 7.08. The smallest absolute Gasteiger partial charge is 0.475 e. The first-order valence-corrected chi connectivity index (χ1v) is 7.35. The number of carbonyl (C=O) groups is 2. The zero-order valence-electron chi connectivity index (χ0n) is 12.7. The van der Waals surface area contributed by atoms with Crippen LogP contribution in [0.2, 0.25) is 0 Å². The molecule has 1 saturated heterocycles. The SMILES string of the molecule is O=C(O)C(F)(F)F.O=C1Nc2ccccc2C2(CCCNCC2)O1. The van der Waals surface area contributed by atoms with Crippen molar-refractivity contribution >= 4 is 17.7 Å². The molecule has 2 heterocycles. The van der Waals surface area contributed by atoms with Gasteiger partial charge in [0.2, 0.25) is 0 Å². The lowest BCUT2D eigenvalue weighted by Gasteiger charge is -2.37. The van der Waals surface area contributed by atoms with E-state index in [1.54, 1.807) is 0 Å². The van der Waals surface area contributed by atoms with Gasteiger partial charge in [0, 0.05) is 12.0 Å². The highest BCUT2D eigenvalue weighted by atomic mass is 19.4. The molecule has 1 spiro atoms. The third-order valence-corrected chi connectivity index (χ3v) is 3.83. The molecule has 0 aromatic heterocycles. The number of nitrogens with one attached hydrogen (secondary N) is 2. The second-order valence-corrected chi connectivity index (χ2v) is 5.46. The topological polar surface area (TPSA) is 87.7 Å². The minimum absolute atomic E-state index is 0.328. The van der Waals surface area contributed by atoms with Crippen molar-refractivity contribution < 1.29 is 32.6 Å². The van der Waals surface area contributed by atoms with Crippen molar-refractivity contribution in [3.8, 4) is 0 Å². The number of hydrogen-bond donors (Lipinski definition) is 3. The Kier molecular flexibility index (Phi) is 5.33. The van der Waals surface area contributed by atoms with Crippen LogP contribution in [0.15, 0.2) is 24.3 Å². The van der Waals surface area contributed by atoms with Gasteiger partial charge in [-0.05, 0) is 32.0 Å².